The lowest BCUT2D eigenvalue weighted by Crippen LogP contribution is -2.35. The van der Waals surface area contributed by atoms with Crippen LogP contribution in [0, 0.1) is 5.92 Å². The summed E-state index contributed by atoms with van der Waals surface area (Å²) < 4.78 is 5.21. The van der Waals surface area contributed by atoms with E-state index in [1.807, 2.05) is 20.8 Å². The average Bonchev–Trinajstić information content (AvgIpc) is 2.01. The smallest absolute Gasteiger partial charge is 0.125 e. The van der Waals surface area contributed by atoms with Crippen LogP contribution in [-0.4, -0.2) is 19.0 Å². The number of methoxy groups -OCH3 is 1. The van der Waals surface area contributed by atoms with Crippen LogP contribution < -0.4 is 0 Å². The number of rotatable bonds is 4. The van der Waals surface area contributed by atoms with Gasteiger partial charge in [-0.05, 0) is 13.3 Å². The zero-order valence-electron chi connectivity index (χ0n) is 7.18. The van der Waals surface area contributed by atoms with Crippen molar-refractivity contribution in [2.45, 2.75) is 32.8 Å². The third-order valence-electron chi connectivity index (χ3n) is 2.34. The van der Waals surface area contributed by atoms with Gasteiger partial charge < -0.3 is 9.53 Å². The summed E-state index contributed by atoms with van der Waals surface area (Å²) in [5.41, 5.74) is -0.276. The summed E-state index contributed by atoms with van der Waals surface area (Å²) in [7, 11) is 1.64. The fourth-order valence-electron chi connectivity index (χ4n) is 0.796. The van der Waals surface area contributed by atoms with E-state index < -0.39 is 0 Å². The molecule has 0 saturated heterocycles. The highest BCUT2D eigenvalue weighted by molar-refractivity contribution is 5.54. The summed E-state index contributed by atoms with van der Waals surface area (Å²) in [6.45, 7) is 5.84. The quantitative estimate of drug-likeness (QED) is 0.561. The molecule has 10 heavy (non-hydrogen) atoms. The standard InChI is InChI=1S/C8H16O2/c1-5-8(3,10-4)7(2)6-9/h6-7H,5H2,1-4H3. The van der Waals surface area contributed by atoms with Crippen molar-refractivity contribution in [3.8, 4) is 0 Å². The van der Waals surface area contributed by atoms with Gasteiger partial charge in [-0.25, -0.2) is 0 Å². The van der Waals surface area contributed by atoms with Crippen molar-refractivity contribution in [2.24, 2.45) is 5.92 Å². The normalized spacial score (nSPS) is 19.6. The van der Waals surface area contributed by atoms with E-state index in [4.69, 9.17) is 4.74 Å². The Morgan fingerprint density at radius 3 is 2.30 bits per heavy atom. The van der Waals surface area contributed by atoms with Gasteiger partial charge in [0.05, 0.1) is 5.60 Å². The molecule has 0 saturated carbocycles. The summed E-state index contributed by atoms with van der Waals surface area (Å²) in [5, 5.41) is 0. The second kappa shape index (κ2) is 3.71. The highest BCUT2D eigenvalue weighted by atomic mass is 16.5. The second-order valence-corrected chi connectivity index (χ2v) is 2.80. The lowest BCUT2D eigenvalue weighted by Gasteiger charge is -2.29. The molecule has 60 valence electrons. The first kappa shape index (κ1) is 9.63. The first-order valence-electron chi connectivity index (χ1n) is 3.61. The van der Waals surface area contributed by atoms with E-state index in [0.29, 0.717) is 0 Å². The molecule has 2 atom stereocenters. The number of ether oxygens (including phenoxy) is 1. The van der Waals surface area contributed by atoms with Gasteiger partial charge in [0.25, 0.3) is 0 Å². The van der Waals surface area contributed by atoms with Crippen molar-refractivity contribution in [1.82, 2.24) is 0 Å². The molecule has 0 heterocycles. The van der Waals surface area contributed by atoms with Gasteiger partial charge in [-0.15, -0.1) is 0 Å². The van der Waals surface area contributed by atoms with Crippen LogP contribution >= 0.6 is 0 Å². The van der Waals surface area contributed by atoms with Crippen molar-refractivity contribution in [1.29, 1.82) is 0 Å². The Balaban J connectivity index is 4.15. The molecule has 0 aromatic heterocycles. The van der Waals surface area contributed by atoms with E-state index in [0.717, 1.165) is 12.7 Å². The van der Waals surface area contributed by atoms with Crippen LogP contribution in [0.15, 0.2) is 0 Å². The summed E-state index contributed by atoms with van der Waals surface area (Å²) in [4.78, 5) is 10.4. The van der Waals surface area contributed by atoms with Crippen LogP contribution in [0.4, 0.5) is 0 Å². The fourth-order valence-corrected chi connectivity index (χ4v) is 0.796. The maximum atomic E-state index is 10.4. The second-order valence-electron chi connectivity index (χ2n) is 2.80. The Labute approximate surface area is 62.6 Å². The SMILES string of the molecule is CCC(C)(OC)C(C)C=O. The summed E-state index contributed by atoms with van der Waals surface area (Å²) >= 11 is 0. The van der Waals surface area contributed by atoms with Crippen LogP contribution in [-0.2, 0) is 9.53 Å². The maximum absolute atomic E-state index is 10.4. The van der Waals surface area contributed by atoms with E-state index in [-0.39, 0.29) is 11.5 Å². The topological polar surface area (TPSA) is 26.3 Å². The fraction of sp³-hybridized carbons (Fsp3) is 0.875. The summed E-state index contributed by atoms with van der Waals surface area (Å²) in [6.07, 6.45) is 1.80. The number of carbonyl (C=O) groups is 1. The van der Waals surface area contributed by atoms with Gasteiger partial charge in [0.1, 0.15) is 6.29 Å². The van der Waals surface area contributed by atoms with Crippen LogP contribution in [0.1, 0.15) is 27.2 Å². The van der Waals surface area contributed by atoms with Gasteiger partial charge in [0.15, 0.2) is 0 Å². The summed E-state index contributed by atoms with van der Waals surface area (Å²) in [6, 6.07) is 0. The van der Waals surface area contributed by atoms with Gasteiger partial charge in [-0.2, -0.15) is 0 Å². The molecular formula is C8H16O2. The molecule has 0 aliphatic carbocycles. The Morgan fingerprint density at radius 1 is 1.70 bits per heavy atom. The molecule has 0 spiro atoms. The third-order valence-corrected chi connectivity index (χ3v) is 2.34. The molecule has 0 aromatic rings. The first-order valence-corrected chi connectivity index (χ1v) is 3.61. The van der Waals surface area contributed by atoms with Gasteiger partial charge >= 0.3 is 0 Å². The average molecular weight is 144 g/mol. The van der Waals surface area contributed by atoms with Crippen LogP contribution in [0.2, 0.25) is 0 Å². The molecule has 0 aromatic carbocycles. The van der Waals surface area contributed by atoms with Gasteiger partial charge in [-0.3, -0.25) is 0 Å². The molecule has 0 aliphatic heterocycles. The van der Waals surface area contributed by atoms with E-state index in [1.54, 1.807) is 7.11 Å². The van der Waals surface area contributed by atoms with Gasteiger partial charge in [-0.1, -0.05) is 13.8 Å². The number of hydrogen-bond donors (Lipinski definition) is 0. The Kier molecular flexibility index (Phi) is 3.58. The predicted molar refractivity (Wildman–Crippen MR) is 40.9 cm³/mol. The highest BCUT2D eigenvalue weighted by Gasteiger charge is 2.28. The minimum absolute atomic E-state index is 0.0255. The highest BCUT2D eigenvalue weighted by Crippen LogP contribution is 2.22. The van der Waals surface area contributed by atoms with Gasteiger partial charge in [0.2, 0.25) is 0 Å². The molecule has 0 amide bonds. The van der Waals surface area contributed by atoms with Crippen molar-refractivity contribution < 1.29 is 9.53 Å². The minimum atomic E-state index is -0.276. The maximum Gasteiger partial charge on any atom is 0.125 e. The van der Waals surface area contributed by atoms with E-state index >= 15 is 0 Å². The van der Waals surface area contributed by atoms with Crippen molar-refractivity contribution in [3.05, 3.63) is 0 Å². The van der Waals surface area contributed by atoms with Gasteiger partial charge in [0, 0.05) is 13.0 Å². The molecular weight excluding hydrogens is 128 g/mol. The Bertz CT molecular complexity index is 106. The monoisotopic (exact) mass is 144 g/mol. The molecule has 0 fully saturated rings. The lowest BCUT2D eigenvalue weighted by atomic mass is 9.89. The largest absolute Gasteiger partial charge is 0.378 e. The molecule has 0 radical (unpaired) electrons. The summed E-state index contributed by atoms with van der Waals surface area (Å²) in [5.74, 6) is -0.0255. The zero-order valence-corrected chi connectivity index (χ0v) is 7.18. The Morgan fingerprint density at radius 2 is 2.20 bits per heavy atom. The third kappa shape index (κ3) is 1.81. The van der Waals surface area contributed by atoms with Crippen molar-refractivity contribution in [3.63, 3.8) is 0 Å². The Hall–Kier alpha value is -0.370. The zero-order chi connectivity index (χ0) is 8.20. The predicted octanol–water partition coefficient (Wildman–Crippen LogP) is 1.64. The number of carbonyl (C=O) groups excluding carboxylic acids is 1. The van der Waals surface area contributed by atoms with Crippen LogP contribution in [0.3, 0.4) is 0 Å². The van der Waals surface area contributed by atoms with Crippen LogP contribution in [0.5, 0.6) is 0 Å². The minimum Gasteiger partial charge on any atom is -0.378 e. The van der Waals surface area contributed by atoms with Crippen molar-refractivity contribution in [2.75, 3.05) is 7.11 Å². The van der Waals surface area contributed by atoms with Crippen molar-refractivity contribution >= 4 is 6.29 Å². The number of aldehydes is 1. The van der Waals surface area contributed by atoms with E-state index in [2.05, 4.69) is 0 Å². The molecule has 0 N–H and O–H groups in total. The molecule has 2 nitrogen and oxygen atoms in total. The molecule has 0 bridgehead atoms. The first-order chi connectivity index (χ1) is 4.60. The molecule has 0 aliphatic rings. The van der Waals surface area contributed by atoms with E-state index in [9.17, 15) is 4.79 Å². The molecule has 2 unspecified atom stereocenters. The molecule has 0 rings (SSSR count). The van der Waals surface area contributed by atoms with E-state index in [1.165, 1.54) is 0 Å². The molecule has 2 heteroatoms. The van der Waals surface area contributed by atoms with Crippen LogP contribution in [0.25, 0.3) is 0 Å². The lowest BCUT2D eigenvalue weighted by molar-refractivity contribution is -0.120. The number of hydrogen-bond acceptors (Lipinski definition) is 2.